The lowest BCUT2D eigenvalue weighted by molar-refractivity contribution is -0.117. The van der Waals surface area contributed by atoms with Crippen LogP contribution in [-0.4, -0.2) is 30.4 Å². The minimum absolute atomic E-state index is 0. The Bertz CT molecular complexity index is 642. The van der Waals surface area contributed by atoms with Crippen LogP contribution in [0.25, 0.3) is 0 Å². The van der Waals surface area contributed by atoms with E-state index >= 15 is 0 Å². The number of benzene rings is 1. The Hall–Kier alpha value is -1.30. The first-order chi connectivity index (χ1) is 12.0. The molecule has 0 aliphatic carbocycles. The fourth-order valence-corrected chi connectivity index (χ4v) is 4.19. The van der Waals surface area contributed by atoms with Crippen LogP contribution in [0.15, 0.2) is 18.2 Å². The predicted molar refractivity (Wildman–Crippen MR) is 107 cm³/mol. The van der Waals surface area contributed by atoms with Crippen molar-refractivity contribution in [1.29, 1.82) is 0 Å². The molecule has 2 saturated heterocycles. The van der Waals surface area contributed by atoms with Gasteiger partial charge in [-0.1, -0.05) is 18.5 Å². The summed E-state index contributed by atoms with van der Waals surface area (Å²) >= 11 is 6.20. The summed E-state index contributed by atoms with van der Waals surface area (Å²) in [6.07, 6.45) is 6.06. The van der Waals surface area contributed by atoms with Crippen molar-refractivity contribution in [1.82, 2.24) is 10.6 Å². The molecule has 0 spiro atoms. The first kappa shape index (κ1) is 21.0. The van der Waals surface area contributed by atoms with Gasteiger partial charge in [0.25, 0.3) is 5.91 Å². The molecule has 26 heavy (non-hydrogen) atoms. The molecule has 2 heterocycles. The van der Waals surface area contributed by atoms with E-state index in [4.69, 9.17) is 11.6 Å². The molecule has 0 aromatic heterocycles. The number of rotatable bonds is 6. The van der Waals surface area contributed by atoms with Gasteiger partial charge in [-0.3, -0.25) is 9.59 Å². The second kappa shape index (κ2) is 9.58. The van der Waals surface area contributed by atoms with Crippen LogP contribution in [0.4, 0.5) is 5.69 Å². The molecular weight excluding hydrogens is 373 g/mol. The maximum atomic E-state index is 12.3. The number of hydrogen-bond acceptors (Lipinski definition) is 3. The molecule has 2 aliphatic heterocycles. The number of hydrogen-bond donors (Lipinski definition) is 3. The van der Waals surface area contributed by atoms with Gasteiger partial charge in [0, 0.05) is 30.7 Å². The van der Waals surface area contributed by atoms with Crippen molar-refractivity contribution in [3.05, 3.63) is 28.8 Å². The van der Waals surface area contributed by atoms with E-state index in [0.29, 0.717) is 47.2 Å². The summed E-state index contributed by atoms with van der Waals surface area (Å²) in [6, 6.07) is 6.22. The molecule has 3 rings (SSSR count). The van der Waals surface area contributed by atoms with Gasteiger partial charge in [-0.15, -0.1) is 12.4 Å². The van der Waals surface area contributed by atoms with Crippen LogP contribution in [0, 0.1) is 5.92 Å². The number of carbonyl (C=O) groups is 2. The number of piperidine rings is 1. The number of anilines is 1. The Labute approximate surface area is 166 Å². The number of nitrogens with one attached hydrogen (secondary N) is 3. The first-order valence-corrected chi connectivity index (χ1v) is 9.56. The van der Waals surface area contributed by atoms with Crippen molar-refractivity contribution in [2.45, 2.75) is 57.5 Å². The van der Waals surface area contributed by atoms with Crippen molar-refractivity contribution in [3.8, 4) is 0 Å². The summed E-state index contributed by atoms with van der Waals surface area (Å²) in [5, 5.41) is 9.66. The monoisotopic (exact) mass is 399 g/mol. The van der Waals surface area contributed by atoms with Crippen LogP contribution in [0.1, 0.15) is 55.8 Å². The fraction of sp³-hybridized carbons (Fsp3) is 0.579. The molecule has 2 amide bonds. The van der Waals surface area contributed by atoms with Gasteiger partial charge in [0.15, 0.2) is 0 Å². The van der Waals surface area contributed by atoms with Gasteiger partial charge in [0.05, 0.1) is 10.6 Å². The van der Waals surface area contributed by atoms with Gasteiger partial charge < -0.3 is 16.0 Å². The summed E-state index contributed by atoms with van der Waals surface area (Å²) in [4.78, 5) is 24.3. The highest BCUT2D eigenvalue weighted by Crippen LogP contribution is 2.33. The highest BCUT2D eigenvalue weighted by atomic mass is 35.5. The lowest BCUT2D eigenvalue weighted by Gasteiger charge is -2.28. The molecule has 144 valence electrons. The highest BCUT2D eigenvalue weighted by Gasteiger charge is 2.34. The Morgan fingerprint density at radius 3 is 2.54 bits per heavy atom. The molecule has 2 fully saturated rings. The van der Waals surface area contributed by atoms with Gasteiger partial charge in [-0.05, 0) is 56.2 Å². The molecule has 5 nitrogen and oxygen atoms in total. The molecule has 0 saturated carbocycles. The molecule has 1 aromatic carbocycles. The SMILES string of the molecule is CCCNC(=O)c1ccc(NC(=O)CC2CC3CCC(C2)N3)cc1Cl.Cl. The molecule has 2 aliphatic rings. The van der Waals surface area contributed by atoms with Gasteiger partial charge in [0.1, 0.15) is 0 Å². The first-order valence-electron chi connectivity index (χ1n) is 9.18. The van der Waals surface area contributed by atoms with Crippen LogP contribution < -0.4 is 16.0 Å². The van der Waals surface area contributed by atoms with Crippen molar-refractivity contribution >= 4 is 41.5 Å². The smallest absolute Gasteiger partial charge is 0.252 e. The number of amides is 2. The van der Waals surface area contributed by atoms with E-state index < -0.39 is 0 Å². The quantitative estimate of drug-likeness (QED) is 0.681. The third-order valence-electron chi connectivity index (χ3n) is 5.08. The van der Waals surface area contributed by atoms with Crippen molar-refractivity contribution in [3.63, 3.8) is 0 Å². The molecular formula is C19H27Cl2N3O2. The van der Waals surface area contributed by atoms with Crippen molar-refractivity contribution in [2.24, 2.45) is 5.92 Å². The number of fused-ring (bicyclic) bond motifs is 2. The zero-order chi connectivity index (χ0) is 17.8. The second-order valence-corrected chi connectivity index (χ2v) is 7.59. The highest BCUT2D eigenvalue weighted by molar-refractivity contribution is 6.34. The molecule has 2 atom stereocenters. The average molecular weight is 400 g/mol. The fourth-order valence-electron chi connectivity index (χ4n) is 3.93. The maximum Gasteiger partial charge on any atom is 0.252 e. The Morgan fingerprint density at radius 2 is 1.92 bits per heavy atom. The van der Waals surface area contributed by atoms with Gasteiger partial charge in [0.2, 0.25) is 5.91 Å². The Morgan fingerprint density at radius 1 is 1.23 bits per heavy atom. The number of carbonyl (C=O) groups excluding carboxylic acids is 2. The molecule has 0 radical (unpaired) electrons. The van der Waals surface area contributed by atoms with E-state index in [1.165, 1.54) is 12.8 Å². The standard InChI is InChI=1S/C19H26ClN3O2.ClH/c1-2-7-21-19(25)16-6-5-15(11-17(16)20)23-18(24)10-12-8-13-3-4-14(9-12)22-13;/h5-6,11-14,22H,2-4,7-10H2,1H3,(H,21,25)(H,23,24);1H. The van der Waals surface area contributed by atoms with E-state index in [-0.39, 0.29) is 24.2 Å². The largest absolute Gasteiger partial charge is 0.352 e. The predicted octanol–water partition coefficient (Wildman–Crippen LogP) is 3.76. The molecule has 3 N–H and O–H groups in total. The summed E-state index contributed by atoms with van der Waals surface area (Å²) in [5.74, 6) is 0.286. The average Bonchev–Trinajstić information content (AvgIpc) is 2.91. The summed E-state index contributed by atoms with van der Waals surface area (Å²) in [5.41, 5.74) is 1.07. The lowest BCUT2D eigenvalue weighted by atomic mass is 9.89. The molecule has 2 unspecified atom stereocenters. The lowest BCUT2D eigenvalue weighted by Crippen LogP contribution is -2.39. The Kier molecular flexibility index (Phi) is 7.74. The van der Waals surface area contributed by atoms with Crippen LogP contribution in [0.2, 0.25) is 5.02 Å². The minimum Gasteiger partial charge on any atom is -0.352 e. The van der Waals surface area contributed by atoms with E-state index in [9.17, 15) is 9.59 Å². The molecule has 7 heteroatoms. The van der Waals surface area contributed by atoms with Gasteiger partial charge >= 0.3 is 0 Å². The zero-order valence-corrected chi connectivity index (χ0v) is 16.6. The van der Waals surface area contributed by atoms with Crippen LogP contribution in [-0.2, 0) is 4.79 Å². The van der Waals surface area contributed by atoms with E-state index in [1.54, 1.807) is 18.2 Å². The van der Waals surface area contributed by atoms with Crippen LogP contribution >= 0.6 is 24.0 Å². The maximum absolute atomic E-state index is 12.3. The molecule has 1 aromatic rings. The Balaban J connectivity index is 0.00000243. The van der Waals surface area contributed by atoms with Crippen molar-refractivity contribution in [2.75, 3.05) is 11.9 Å². The second-order valence-electron chi connectivity index (χ2n) is 7.18. The van der Waals surface area contributed by atoms with Gasteiger partial charge in [-0.25, -0.2) is 0 Å². The summed E-state index contributed by atoms with van der Waals surface area (Å²) in [6.45, 7) is 2.61. The van der Waals surface area contributed by atoms with E-state index in [1.807, 2.05) is 6.92 Å². The van der Waals surface area contributed by atoms with Crippen LogP contribution in [0.3, 0.4) is 0 Å². The number of halogens is 2. The van der Waals surface area contributed by atoms with Crippen LogP contribution in [0.5, 0.6) is 0 Å². The van der Waals surface area contributed by atoms with E-state index in [2.05, 4.69) is 16.0 Å². The molecule has 2 bridgehead atoms. The third-order valence-corrected chi connectivity index (χ3v) is 5.39. The van der Waals surface area contributed by atoms with Gasteiger partial charge in [-0.2, -0.15) is 0 Å². The third kappa shape index (κ3) is 5.35. The summed E-state index contributed by atoms with van der Waals surface area (Å²) < 4.78 is 0. The normalized spacial score (nSPS) is 23.8. The minimum atomic E-state index is -0.185. The summed E-state index contributed by atoms with van der Waals surface area (Å²) in [7, 11) is 0. The van der Waals surface area contributed by atoms with Crippen molar-refractivity contribution < 1.29 is 9.59 Å². The zero-order valence-electron chi connectivity index (χ0n) is 15.0. The van der Waals surface area contributed by atoms with E-state index in [0.717, 1.165) is 19.3 Å². The topological polar surface area (TPSA) is 70.2 Å².